The van der Waals surface area contributed by atoms with Crippen molar-refractivity contribution in [3.05, 3.63) is 0 Å². The molecule has 20 heavy (non-hydrogen) atoms. The van der Waals surface area contributed by atoms with E-state index in [1.54, 1.807) is 0 Å². The summed E-state index contributed by atoms with van der Waals surface area (Å²) in [7, 11) is 0. The second kappa shape index (κ2) is 7.47. The van der Waals surface area contributed by atoms with Gasteiger partial charge in [-0.3, -0.25) is 4.79 Å². The first kappa shape index (κ1) is 15.1. The smallest absolute Gasteiger partial charge is 0.315 e. The van der Waals surface area contributed by atoms with E-state index in [1.807, 2.05) is 0 Å². The van der Waals surface area contributed by atoms with Gasteiger partial charge in [-0.1, -0.05) is 0 Å². The van der Waals surface area contributed by atoms with Crippen LogP contribution in [-0.4, -0.2) is 42.9 Å². The van der Waals surface area contributed by atoms with Crippen LogP contribution in [0.3, 0.4) is 0 Å². The minimum absolute atomic E-state index is 0.114. The molecule has 0 aromatic rings. The zero-order valence-corrected chi connectivity index (χ0v) is 11.8. The molecule has 2 amide bonds. The topological polar surface area (TPSA) is 87.7 Å². The molecule has 1 heterocycles. The van der Waals surface area contributed by atoms with Crippen molar-refractivity contribution in [2.24, 2.45) is 11.8 Å². The van der Waals surface area contributed by atoms with Crippen LogP contribution in [0.5, 0.6) is 0 Å². The van der Waals surface area contributed by atoms with Crippen molar-refractivity contribution in [2.45, 2.75) is 44.6 Å². The molecular weight excluding hydrogens is 260 g/mol. The average molecular weight is 284 g/mol. The van der Waals surface area contributed by atoms with Gasteiger partial charge in [0, 0.05) is 25.8 Å². The molecular formula is C14H24N2O4. The zero-order chi connectivity index (χ0) is 14.4. The SMILES string of the molecule is O=C(NCC1CCC(C(=O)O)CC1)NC1CCOCC1. The van der Waals surface area contributed by atoms with Gasteiger partial charge in [-0.05, 0) is 44.4 Å². The molecule has 2 fully saturated rings. The monoisotopic (exact) mass is 284 g/mol. The van der Waals surface area contributed by atoms with E-state index in [0.29, 0.717) is 25.7 Å². The molecule has 6 heteroatoms. The van der Waals surface area contributed by atoms with E-state index in [4.69, 9.17) is 9.84 Å². The summed E-state index contributed by atoms with van der Waals surface area (Å²) < 4.78 is 5.25. The van der Waals surface area contributed by atoms with Gasteiger partial charge in [0.1, 0.15) is 0 Å². The van der Waals surface area contributed by atoms with Gasteiger partial charge in [0.15, 0.2) is 0 Å². The molecule has 0 unspecified atom stereocenters. The molecule has 0 radical (unpaired) electrons. The van der Waals surface area contributed by atoms with Gasteiger partial charge in [-0.25, -0.2) is 4.79 Å². The second-order valence-corrected chi connectivity index (χ2v) is 5.80. The minimum Gasteiger partial charge on any atom is -0.481 e. The predicted molar refractivity (Wildman–Crippen MR) is 73.5 cm³/mol. The molecule has 0 aromatic carbocycles. The van der Waals surface area contributed by atoms with Crippen molar-refractivity contribution in [1.29, 1.82) is 0 Å². The van der Waals surface area contributed by atoms with Gasteiger partial charge < -0.3 is 20.5 Å². The Labute approximate surface area is 119 Å². The molecule has 2 rings (SSSR count). The Kier molecular flexibility index (Phi) is 5.64. The highest BCUT2D eigenvalue weighted by molar-refractivity contribution is 5.74. The number of ether oxygens (including phenoxy) is 1. The Balaban J connectivity index is 1.60. The largest absolute Gasteiger partial charge is 0.481 e. The Hall–Kier alpha value is -1.30. The van der Waals surface area contributed by atoms with E-state index >= 15 is 0 Å². The fraction of sp³-hybridized carbons (Fsp3) is 0.857. The van der Waals surface area contributed by atoms with Crippen molar-refractivity contribution >= 4 is 12.0 Å². The van der Waals surface area contributed by atoms with Crippen molar-refractivity contribution in [3.8, 4) is 0 Å². The van der Waals surface area contributed by atoms with Crippen molar-refractivity contribution < 1.29 is 19.4 Å². The maximum atomic E-state index is 11.8. The van der Waals surface area contributed by atoms with E-state index in [0.717, 1.165) is 38.5 Å². The fourth-order valence-electron chi connectivity index (χ4n) is 2.93. The molecule has 1 aliphatic carbocycles. The molecule has 1 saturated heterocycles. The highest BCUT2D eigenvalue weighted by Crippen LogP contribution is 2.28. The molecule has 1 aliphatic heterocycles. The first-order valence-electron chi connectivity index (χ1n) is 7.50. The van der Waals surface area contributed by atoms with E-state index in [-0.39, 0.29) is 18.0 Å². The van der Waals surface area contributed by atoms with Crippen molar-refractivity contribution in [1.82, 2.24) is 10.6 Å². The van der Waals surface area contributed by atoms with Gasteiger partial charge in [-0.15, -0.1) is 0 Å². The van der Waals surface area contributed by atoms with Crippen LogP contribution in [0.2, 0.25) is 0 Å². The average Bonchev–Trinajstić information content (AvgIpc) is 2.46. The summed E-state index contributed by atoms with van der Waals surface area (Å²) in [5.41, 5.74) is 0. The Morgan fingerprint density at radius 3 is 2.30 bits per heavy atom. The van der Waals surface area contributed by atoms with Crippen LogP contribution >= 0.6 is 0 Å². The van der Waals surface area contributed by atoms with Gasteiger partial charge in [0.05, 0.1) is 5.92 Å². The molecule has 0 aromatic heterocycles. The van der Waals surface area contributed by atoms with Crippen LogP contribution in [-0.2, 0) is 9.53 Å². The third-order valence-electron chi connectivity index (χ3n) is 4.30. The Morgan fingerprint density at radius 2 is 1.70 bits per heavy atom. The van der Waals surface area contributed by atoms with Crippen LogP contribution in [0.15, 0.2) is 0 Å². The van der Waals surface area contributed by atoms with Gasteiger partial charge in [0.25, 0.3) is 0 Å². The predicted octanol–water partition coefficient (Wildman–Crippen LogP) is 1.36. The fourth-order valence-corrected chi connectivity index (χ4v) is 2.93. The van der Waals surface area contributed by atoms with Crippen LogP contribution in [0.4, 0.5) is 4.79 Å². The summed E-state index contributed by atoms with van der Waals surface area (Å²) in [6.45, 7) is 2.07. The number of amides is 2. The summed E-state index contributed by atoms with van der Waals surface area (Å²) in [5, 5.41) is 14.8. The zero-order valence-electron chi connectivity index (χ0n) is 11.8. The quantitative estimate of drug-likeness (QED) is 0.727. The number of carboxylic acids is 1. The van der Waals surface area contributed by atoms with Crippen LogP contribution in [0.1, 0.15) is 38.5 Å². The molecule has 6 nitrogen and oxygen atoms in total. The van der Waals surface area contributed by atoms with E-state index in [9.17, 15) is 9.59 Å². The van der Waals surface area contributed by atoms with Crippen LogP contribution < -0.4 is 10.6 Å². The first-order chi connectivity index (χ1) is 9.65. The third kappa shape index (κ3) is 4.67. The molecule has 114 valence electrons. The maximum absolute atomic E-state index is 11.8. The summed E-state index contributed by atoms with van der Waals surface area (Å²) in [6.07, 6.45) is 4.96. The second-order valence-electron chi connectivity index (χ2n) is 5.80. The lowest BCUT2D eigenvalue weighted by Gasteiger charge is -2.27. The molecule has 0 spiro atoms. The first-order valence-corrected chi connectivity index (χ1v) is 7.50. The molecule has 1 saturated carbocycles. The lowest BCUT2D eigenvalue weighted by atomic mass is 9.82. The summed E-state index contributed by atoms with van der Waals surface area (Å²) in [5.74, 6) is -0.470. The number of aliphatic carboxylic acids is 1. The van der Waals surface area contributed by atoms with Gasteiger partial charge in [-0.2, -0.15) is 0 Å². The number of carbonyl (C=O) groups excluding carboxylic acids is 1. The van der Waals surface area contributed by atoms with Crippen LogP contribution in [0, 0.1) is 11.8 Å². The summed E-state index contributed by atoms with van der Waals surface area (Å²) in [4.78, 5) is 22.6. The van der Waals surface area contributed by atoms with E-state index in [1.165, 1.54) is 0 Å². The minimum atomic E-state index is -0.686. The normalized spacial score (nSPS) is 27.8. The highest BCUT2D eigenvalue weighted by atomic mass is 16.5. The van der Waals surface area contributed by atoms with Crippen molar-refractivity contribution in [3.63, 3.8) is 0 Å². The highest BCUT2D eigenvalue weighted by Gasteiger charge is 2.26. The molecule has 0 bridgehead atoms. The number of urea groups is 1. The van der Waals surface area contributed by atoms with Gasteiger partial charge >= 0.3 is 12.0 Å². The molecule has 3 N–H and O–H groups in total. The van der Waals surface area contributed by atoms with Gasteiger partial charge in [0.2, 0.25) is 0 Å². The maximum Gasteiger partial charge on any atom is 0.315 e. The third-order valence-corrected chi connectivity index (χ3v) is 4.30. The number of rotatable bonds is 4. The van der Waals surface area contributed by atoms with E-state index < -0.39 is 5.97 Å². The summed E-state index contributed by atoms with van der Waals surface area (Å²) in [6, 6.07) is 0.101. The van der Waals surface area contributed by atoms with Crippen molar-refractivity contribution in [2.75, 3.05) is 19.8 Å². The standard InChI is InChI=1S/C14H24N2O4/c17-13(18)11-3-1-10(2-4-11)9-15-14(19)16-12-5-7-20-8-6-12/h10-12H,1-9H2,(H,17,18)(H2,15,16,19). The number of carbonyl (C=O) groups is 2. The number of carboxylic acid groups (broad SMARTS) is 1. The Bertz CT molecular complexity index is 334. The summed E-state index contributed by atoms with van der Waals surface area (Å²) >= 11 is 0. The lowest BCUT2D eigenvalue weighted by Crippen LogP contribution is -2.46. The number of hydrogen-bond acceptors (Lipinski definition) is 3. The molecule has 2 aliphatic rings. The Morgan fingerprint density at radius 1 is 1.05 bits per heavy atom. The number of hydrogen-bond donors (Lipinski definition) is 3. The molecule has 0 atom stereocenters. The lowest BCUT2D eigenvalue weighted by molar-refractivity contribution is -0.143. The van der Waals surface area contributed by atoms with E-state index in [2.05, 4.69) is 10.6 Å². The van der Waals surface area contributed by atoms with Crippen LogP contribution in [0.25, 0.3) is 0 Å². The number of nitrogens with one attached hydrogen (secondary N) is 2.